The normalized spacial score (nSPS) is 12.6. The average molecular weight is 242 g/mol. The molecule has 0 aliphatic rings. The van der Waals surface area contributed by atoms with Crippen molar-refractivity contribution in [2.75, 3.05) is 6.61 Å². The third-order valence-electron chi connectivity index (χ3n) is 2.83. The summed E-state index contributed by atoms with van der Waals surface area (Å²) in [5, 5.41) is 9.15. The van der Waals surface area contributed by atoms with Gasteiger partial charge in [-0.1, -0.05) is 60.7 Å². The summed E-state index contributed by atoms with van der Waals surface area (Å²) < 4.78 is 5.92. The van der Waals surface area contributed by atoms with E-state index < -0.39 is 0 Å². The second kappa shape index (κ2) is 6.34. The Morgan fingerprint density at radius 3 is 1.72 bits per heavy atom. The fraction of sp³-hybridized carbons (Fsp3) is 0.250. The van der Waals surface area contributed by atoms with Crippen LogP contribution in [0.5, 0.6) is 0 Å². The van der Waals surface area contributed by atoms with E-state index in [9.17, 15) is 0 Å². The van der Waals surface area contributed by atoms with Gasteiger partial charge < -0.3 is 9.84 Å². The Morgan fingerprint density at radius 1 is 0.889 bits per heavy atom. The van der Waals surface area contributed by atoms with Gasteiger partial charge in [0.15, 0.2) is 0 Å². The second-order valence-electron chi connectivity index (χ2n) is 4.33. The SMILES string of the molecule is C[C@H](CO)OC(c1ccccc1)c1ccccc1. The topological polar surface area (TPSA) is 29.5 Å². The first-order valence-corrected chi connectivity index (χ1v) is 6.17. The zero-order valence-electron chi connectivity index (χ0n) is 10.5. The van der Waals surface area contributed by atoms with Crippen molar-refractivity contribution in [1.82, 2.24) is 0 Å². The molecule has 2 aromatic rings. The summed E-state index contributed by atoms with van der Waals surface area (Å²) in [6.45, 7) is 1.90. The third kappa shape index (κ3) is 3.19. The standard InChI is InChI=1S/C16H18O2/c1-13(12-17)18-16(14-8-4-2-5-9-14)15-10-6-3-7-11-15/h2-11,13,16-17H,12H2,1H3/t13-/m1/s1. The highest BCUT2D eigenvalue weighted by Crippen LogP contribution is 2.26. The molecule has 2 nitrogen and oxygen atoms in total. The summed E-state index contributed by atoms with van der Waals surface area (Å²) in [6.07, 6.45) is -0.315. The zero-order valence-corrected chi connectivity index (χ0v) is 10.5. The number of hydrogen-bond acceptors (Lipinski definition) is 2. The maximum Gasteiger partial charge on any atom is 0.108 e. The Balaban J connectivity index is 2.29. The van der Waals surface area contributed by atoms with Gasteiger partial charge in [-0.2, -0.15) is 0 Å². The molecule has 0 aromatic heterocycles. The van der Waals surface area contributed by atoms with Crippen LogP contribution in [0.3, 0.4) is 0 Å². The van der Waals surface area contributed by atoms with Crippen molar-refractivity contribution >= 4 is 0 Å². The molecule has 1 N–H and O–H groups in total. The van der Waals surface area contributed by atoms with Gasteiger partial charge >= 0.3 is 0 Å². The van der Waals surface area contributed by atoms with Gasteiger partial charge in [-0.05, 0) is 18.1 Å². The van der Waals surface area contributed by atoms with Crippen LogP contribution < -0.4 is 0 Å². The Hall–Kier alpha value is -1.64. The second-order valence-corrected chi connectivity index (χ2v) is 4.33. The number of ether oxygens (including phenoxy) is 1. The van der Waals surface area contributed by atoms with E-state index in [0.717, 1.165) is 11.1 Å². The van der Waals surface area contributed by atoms with Crippen LogP contribution in [0.1, 0.15) is 24.2 Å². The lowest BCUT2D eigenvalue weighted by atomic mass is 10.0. The number of benzene rings is 2. The molecule has 0 fully saturated rings. The maximum atomic E-state index is 9.15. The van der Waals surface area contributed by atoms with Crippen LogP contribution in [0.15, 0.2) is 60.7 Å². The molecule has 0 aliphatic heterocycles. The molecule has 18 heavy (non-hydrogen) atoms. The monoisotopic (exact) mass is 242 g/mol. The van der Waals surface area contributed by atoms with Crippen LogP contribution in [0.4, 0.5) is 0 Å². The first kappa shape index (κ1) is 12.8. The molecule has 94 valence electrons. The predicted molar refractivity (Wildman–Crippen MR) is 72.4 cm³/mol. The van der Waals surface area contributed by atoms with Crippen molar-refractivity contribution in [2.45, 2.75) is 19.1 Å². The number of hydrogen-bond donors (Lipinski definition) is 1. The minimum Gasteiger partial charge on any atom is -0.394 e. The Morgan fingerprint density at radius 2 is 1.33 bits per heavy atom. The minimum absolute atomic E-state index is 0.0240. The molecular weight excluding hydrogens is 224 g/mol. The van der Waals surface area contributed by atoms with Gasteiger partial charge in [0.1, 0.15) is 6.10 Å². The van der Waals surface area contributed by atoms with Crippen LogP contribution in [0, 0.1) is 0 Å². The summed E-state index contributed by atoms with van der Waals surface area (Å²) in [5.41, 5.74) is 2.20. The first-order chi connectivity index (χ1) is 8.81. The summed E-state index contributed by atoms with van der Waals surface area (Å²) in [5.74, 6) is 0. The lowest BCUT2D eigenvalue weighted by Gasteiger charge is -2.22. The molecule has 2 rings (SSSR count). The molecular formula is C16H18O2. The van der Waals surface area contributed by atoms with Crippen molar-refractivity contribution in [3.63, 3.8) is 0 Å². The van der Waals surface area contributed by atoms with Gasteiger partial charge in [0, 0.05) is 0 Å². The van der Waals surface area contributed by atoms with E-state index in [1.165, 1.54) is 0 Å². The van der Waals surface area contributed by atoms with Crippen LogP contribution in [-0.4, -0.2) is 17.8 Å². The number of aliphatic hydroxyl groups excluding tert-OH is 1. The van der Waals surface area contributed by atoms with Crippen LogP contribution in [0.25, 0.3) is 0 Å². The first-order valence-electron chi connectivity index (χ1n) is 6.17. The lowest BCUT2D eigenvalue weighted by Crippen LogP contribution is -2.18. The van der Waals surface area contributed by atoms with Crippen molar-refractivity contribution < 1.29 is 9.84 Å². The highest BCUT2D eigenvalue weighted by atomic mass is 16.5. The van der Waals surface area contributed by atoms with Crippen LogP contribution >= 0.6 is 0 Å². The third-order valence-corrected chi connectivity index (χ3v) is 2.83. The fourth-order valence-electron chi connectivity index (χ4n) is 1.88. The van der Waals surface area contributed by atoms with Gasteiger partial charge in [-0.3, -0.25) is 0 Å². The predicted octanol–water partition coefficient (Wildman–Crippen LogP) is 3.17. The van der Waals surface area contributed by atoms with Crippen LogP contribution in [0.2, 0.25) is 0 Å². The lowest BCUT2D eigenvalue weighted by molar-refractivity contribution is -0.0121. The molecule has 0 radical (unpaired) electrons. The Kier molecular flexibility index (Phi) is 4.51. The summed E-state index contributed by atoms with van der Waals surface area (Å²) in [7, 11) is 0. The van der Waals surface area contributed by atoms with Crippen molar-refractivity contribution in [3.05, 3.63) is 71.8 Å². The van der Waals surface area contributed by atoms with E-state index in [4.69, 9.17) is 9.84 Å². The largest absolute Gasteiger partial charge is 0.394 e. The van der Waals surface area contributed by atoms with Gasteiger partial charge in [0.2, 0.25) is 0 Å². The maximum absolute atomic E-state index is 9.15. The van der Waals surface area contributed by atoms with Crippen molar-refractivity contribution in [3.8, 4) is 0 Å². The van der Waals surface area contributed by atoms with Gasteiger partial charge in [-0.15, -0.1) is 0 Å². The number of aliphatic hydroxyl groups is 1. The zero-order chi connectivity index (χ0) is 12.8. The summed E-state index contributed by atoms with van der Waals surface area (Å²) >= 11 is 0. The molecule has 0 saturated heterocycles. The molecule has 0 amide bonds. The highest BCUT2D eigenvalue weighted by Gasteiger charge is 2.16. The summed E-state index contributed by atoms with van der Waals surface area (Å²) in [4.78, 5) is 0. The van der Waals surface area contributed by atoms with E-state index in [1.54, 1.807) is 0 Å². The molecule has 0 spiro atoms. The van der Waals surface area contributed by atoms with E-state index >= 15 is 0 Å². The van der Waals surface area contributed by atoms with E-state index in [2.05, 4.69) is 0 Å². The van der Waals surface area contributed by atoms with Crippen molar-refractivity contribution in [2.24, 2.45) is 0 Å². The fourth-order valence-corrected chi connectivity index (χ4v) is 1.88. The smallest absolute Gasteiger partial charge is 0.108 e. The van der Waals surface area contributed by atoms with E-state index in [0.29, 0.717) is 0 Å². The molecule has 2 heteroatoms. The average Bonchev–Trinajstić information content (AvgIpc) is 2.46. The van der Waals surface area contributed by atoms with Gasteiger partial charge in [0.05, 0.1) is 12.7 Å². The Bertz CT molecular complexity index is 414. The molecule has 1 atom stereocenters. The minimum atomic E-state index is -0.185. The molecule has 2 aromatic carbocycles. The number of rotatable bonds is 5. The van der Waals surface area contributed by atoms with E-state index in [-0.39, 0.29) is 18.8 Å². The van der Waals surface area contributed by atoms with Gasteiger partial charge in [-0.25, -0.2) is 0 Å². The molecule has 0 aliphatic carbocycles. The highest BCUT2D eigenvalue weighted by molar-refractivity contribution is 5.29. The molecule has 0 saturated carbocycles. The molecule has 0 heterocycles. The van der Waals surface area contributed by atoms with Gasteiger partial charge in [0.25, 0.3) is 0 Å². The summed E-state index contributed by atoms with van der Waals surface area (Å²) in [6, 6.07) is 20.1. The van der Waals surface area contributed by atoms with Crippen molar-refractivity contribution in [1.29, 1.82) is 0 Å². The van der Waals surface area contributed by atoms with Crippen LogP contribution in [-0.2, 0) is 4.74 Å². The molecule has 0 bridgehead atoms. The van der Waals surface area contributed by atoms with E-state index in [1.807, 2.05) is 67.6 Å². The Labute approximate surface area is 108 Å². The molecule has 0 unspecified atom stereocenters. The quantitative estimate of drug-likeness (QED) is 0.872.